The summed E-state index contributed by atoms with van der Waals surface area (Å²) in [4.78, 5) is 16.2. The lowest BCUT2D eigenvalue weighted by Gasteiger charge is -2.11. The summed E-state index contributed by atoms with van der Waals surface area (Å²) in [5, 5.41) is 11.4. The zero-order chi connectivity index (χ0) is 20.4. The van der Waals surface area contributed by atoms with E-state index in [1.165, 1.54) is 0 Å². The number of esters is 1. The molecular formula is C21H18ClNO6. The second kappa shape index (κ2) is 8.05. The molecule has 0 amide bonds. The van der Waals surface area contributed by atoms with Gasteiger partial charge in [0.1, 0.15) is 16.7 Å². The highest BCUT2D eigenvalue weighted by Crippen LogP contribution is 2.39. The normalized spacial score (nSPS) is 12.2. The summed E-state index contributed by atoms with van der Waals surface area (Å²) in [7, 11) is 0. The molecule has 0 saturated carbocycles. The molecule has 7 nitrogen and oxygen atoms in total. The maximum atomic E-state index is 12.2. The molecule has 1 N–H and O–H groups in total. The van der Waals surface area contributed by atoms with Gasteiger partial charge in [-0.15, -0.1) is 0 Å². The number of hydrogen-bond acceptors (Lipinski definition) is 7. The summed E-state index contributed by atoms with van der Waals surface area (Å²) in [5.74, 6) is 1.31. The van der Waals surface area contributed by atoms with Crippen LogP contribution in [0.4, 0.5) is 0 Å². The van der Waals surface area contributed by atoms with E-state index in [4.69, 9.17) is 30.5 Å². The van der Waals surface area contributed by atoms with Crippen LogP contribution in [-0.4, -0.2) is 29.5 Å². The van der Waals surface area contributed by atoms with E-state index in [2.05, 4.69) is 4.98 Å². The maximum absolute atomic E-state index is 12.2. The zero-order valence-corrected chi connectivity index (χ0v) is 16.4. The van der Waals surface area contributed by atoms with Crippen molar-refractivity contribution < 1.29 is 28.8 Å². The van der Waals surface area contributed by atoms with Crippen molar-refractivity contribution in [1.82, 2.24) is 4.98 Å². The van der Waals surface area contributed by atoms with Gasteiger partial charge >= 0.3 is 5.97 Å². The number of carbonyl (C=O) groups excluding carboxylic acids is 1. The second-order valence-corrected chi connectivity index (χ2v) is 6.77. The van der Waals surface area contributed by atoms with E-state index in [0.29, 0.717) is 33.8 Å². The van der Waals surface area contributed by atoms with Crippen LogP contribution in [0.1, 0.15) is 30.3 Å². The van der Waals surface area contributed by atoms with Crippen LogP contribution in [0.3, 0.4) is 0 Å². The molecule has 0 atom stereocenters. The van der Waals surface area contributed by atoms with E-state index < -0.39 is 5.97 Å². The minimum Gasteiger partial charge on any atom is -0.505 e. The Bertz CT molecular complexity index is 1080. The summed E-state index contributed by atoms with van der Waals surface area (Å²) >= 11 is 6.27. The third kappa shape index (κ3) is 3.86. The summed E-state index contributed by atoms with van der Waals surface area (Å²) in [6.45, 7) is 2.42. The number of rotatable bonds is 6. The lowest BCUT2D eigenvalue weighted by Crippen LogP contribution is -2.09. The van der Waals surface area contributed by atoms with Crippen molar-refractivity contribution in [1.29, 1.82) is 0 Å². The van der Waals surface area contributed by atoms with Crippen molar-refractivity contribution in [2.45, 2.75) is 19.8 Å². The average Bonchev–Trinajstić information content (AvgIpc) is 3.18. The molecule has 2 heterocycles. The molecule has 1 aliphatic heterocycles. The first-order chi connectivity index (χ1) is 14.1. The fourth-order valence-corrected chi connectivity index (χ4v) is 3.14. The van der Waals surface area contributed by atoms with Crippen LogP contribution in [0.25, 0.3) is 10.8 Å². The molecule has 0 unspecified atom stereocenters. The Labute approximate surface area is 171 Å². The van der Waals surface area contributed by atoms with Gasteiger partial charge in [-0.2, -0.15) is 0 Å². The Morgan fingerprint density at radius 3 is 2.72 bits per heavy atom. The number of hydrogen-bond donors (Lipinski definition) is 1. The first-order valence-corrected chi connectivity index (χ1v) is 9.51. The van der Waals surface area contributed by atoms with Crippen LogP contribution in [0.2, 0.25) is 5.15 Å². The minimum absolute atomic E-state index is 0.0661. The van der Waals surface area contributed by atoms with Gasteiger partial charge in [-0.25, -0.2) is 9.78 Å². The van der Waals surface area contributed by atoms with E-state index in [9.17, 15) is 9.90 Å². The van der Waals surface area contributed by atoms with Gasteiger partial charge < -0.3 is 24.1 Å². The van der Waals surface area contributed by atoms with Crippen LogP contribution >= 0.6 is 11.6 Å². The van der Waals surface area contributed by atoms with Crippen molar-refractivity contribution in [3.8, 4) is 28.7 Å². The number of unbranched alkanes of at least 4 members (excludes halogenated alkanes) is 1. The van der Waals surface area contributed by atoms with Gasteiger partial charge in [-0.05, 0) is 36.8 Å². The van der Waals surface area contributed by atoms with Crippen LogP contribution in [0.15, 0.2) is 36.4 Å². The van der Waals surface area contributed by atoms with E-state index >= 15 is 0 Å². The van der Waals surface area contributed by atoms with Crippen LogP contribution < -0.4 is 14.2 Å². The van der Waals surface area contributed by atoms with Crippen molar-refractivity contribution in [2.24, 2.45) is 0 Å². The maximum Gasteiger partial charge on any atom is 0.360 e. The highest BCUT2D eigenvalue weighted by Gasteiger charge is 2.20. The van der Waals surface area contributed by atoms with E-state index in [1.54, 1.807) is 36.4 Å². The Hall–Kier alpha value is -3.19. The predicted molar refractivity (Wildman–Crippen MR) is 106 cm³/mol. The molecule has 29 heavy (non-hydrogen) atoms. The molecule has 0 radical (unpaired) electrons. The van der Waals surface area contributed by atoms with Crippen LogP contribution in [0.5, 0.6) is 28.7 Å². The first-order valence-electron chi connectivity index (χ1n) is 9.13. The predicted octanol–water partition coefficient (Wildman–Crippen LogP) is 5.07. The van der Waals surface area contributed by atoms with Crippen molar-refractivity contribution >= 4 is 28.3 Å². The third-order valence-electron chi connectivity index (χ3n) is 4.41. The lowest BCUT2D eigenvalue weighted by atomic mass is 10.1. The molecule has 0 saturated heterocycles. The SMILES string of the molecule is CCCCOC(=O)c1nc(Cl)c2cc(Oc3ccc4c(c3)OCO4)ccc2c1O. The molecule has 0 fully saturated rings. The molecule has 8 heteroatoms. The highest BCUT2D eigenvalue weighted by atomic mass is 35.5. The Morgan fingerprint density at radius 1 is 1.14 bits per heavy atom. The van der Waals surface area contributed by atoms with E-state index in [-0.39, 0.29) is 30.0 Å². The Morgan fingerprint density at radius 2 is 1.90 bits per heavy atom. The number of nitrogens with zero attached hydrogens (tertiary/aromatic N) is 1. The largest absolute Gasteiger partial charge is 0.505 e. The molecule has 2 aromatic carbocycles. The average molecular weight is 416 g/mol. The Kier molecular flexibility index (Phi) is 5.31. The molecule has 3 aromatic rings. The number of halogens is 1. The van der Waals surface area contributed by atoms with Crippen molar-refractivity contribution in [3.63, 3.8) is 0 Å². The van der Waals surface area contributed by atoms with Crippen molar-refractivity contribution in [3.05, 3.63) is 47.2 Å². The Balaban J connectivity index is 1.62. The van der Waals surface area contributed by atoms with E-state index in [0.717, 1.165) is 12.8 Å². The molecular weight excluding hydrogens is 398 g/mol. The topological polar surface area (TPSA) is 87.1 Å². The number of aromatic nitrogens is 1. The monoisotopic (exact) mass is 415 g/mol. The summed E-state index contributed by atoms with van der Waals surface area (Å²) in [5.41, 5.74) is -0.206. The second-order valence-electron chi connectivity index (χ2n) is 6.41. The van der Waals surface area contributed by atoms with Gasteiger partial charge in [0.2, 0.25) is 6.79 Å². The molecule has 1 aromatic heterocycles. The number of carbonyl (C=O) groups is 1. The first kappa shape index (κ1) is 19.1. The minimum atomic E-state index is -0.708. The standard InChI is InChI=1S/C21H18ClNO6/c1-2-3-8-26-21(25)18-19(24)14-6-4-12(9-15(14)20(22)23-18)29-13-5-7-16-17(10-13)28-11-27-16/h4-7,9-10,24H,2-3,8,11H2,1H3. The number of aromatic hydroxyl groups is 1. The number of fused-ring (bicyclic) bond motifs is 2. The van der Waals surface area contributed by atoms with Gasteiger partial charge in [0, 0.05) is 16.8 Å². The molecule has 4 rings (SSSR count). The van der Waals surface area contributed by atoms with Gasteiger partial charge in [-0.1, -0.05) is 24.9 Å². The van der Waals surface area contributed by atoms with Crippen LogP contribution in [-0.2, 0) is 4.74 Å². The van der Waals surface area contributed by atoms with Gasteiger partial charge in [-0.3, -0.25) is 0 Å². The fourth-order valence-electron chi connectivity index (χ4n) is 2.90. The van der Waals surface area contributed by atoms with Crippen molar-refractivity contribution in [2.75, 3.05) is 13.4 Å². The van der Waals surface area contributed by atoms with Gasteiger partial charge in [0.05, 0.1) is 6.61 Å². The molecule has 150 valence electrons. The van der Waals surface area contributed by atoms with Gasteiger partial charge in [0.25, 0.3) is 0 Å². The summed E-state index contributed by atoms with van der Waals surface area (Å²) in [6, 6.07) is 10.2. The fraction of sp³-hybridized carbons (Fsp3) is 0.238. The lowest BCUT2D eigenvalue weighted by molar-refractivity contribution is 0.0489. The zero-order valence-electron chi connectivity index (χ0n) is 15.6. The molecule has 1 aliphatic rings. The number of pyridine rings is 1. The van der Waals surface area contributed by atoms with Gasteiger partial charge in [0.15, 0.2) is 22.9 Å². The summed E-state index contributed by atoms with van der Waals surface area (Å²) < 4.78 is 21.6. The number of ether oxygens (including phenoxy) is 4. The number of benzene rings is 2. The highest BCUT2D eigenvalue weighted by molar-refractivity contribution is 6.35. The third-order valence-corrected chi connectivity index (χ3v) is 4.69. The van der Waals surface area contributed by atoms with E-state index in [1.807, 2.05) is 6.92 Å². The quantitative estimate of drug-likeness (QED) is 0.341. The molecule has 0 aliphatic carbocycles. The van der Waals surface area contributed by atoms with Crippen LogP contribution in [0, 0.1) is 0 Å². The molecule has 0 bridgehead atoms. The smallest absolute Gasteiger partial charge is 0.360 e. The molecule has 0 spiro atoms. The summed E-state index contributed by atoms with van der Waals surface area (Å²) in [6.07, 6.45) is 1.62.